The predicted molar refractivity (Wildman–Crippen MR) is 72.9 cm³/mol. The van der Waals surface area contributed by atoms with Crippen molar-refractivity contribution >= 4 is 11.8 Å². The van der Waals surface area contributed by atoms with Gasteiger partial charge in [-0.05, 0) is 38.0 Å². The maximum atomic E-state index is 11.3. The van der Waals surface area contributed by atoms with Crippen molar-refractivity contribution in [1.82, 2.24) is 15.0 Å². The van der Waals surface area contributed by atoms with Gasteiger partial charge in [0.1, 0.15) is 0 Å². The fraction of sp³-hybridized carbons (Fsp3) is 0.308. The summed E-state index contributed by atoms with van der Waals surface area (Å²) >= 11 is 1.52. The lowest BCUT2D eigenvalue weighted by Gasteiger charge is -2.07. The molecule has 0 saturated heterocycles. The smallest absolute Gasteiger partial charge is 0.251 e. The Morgan fingerprint density at radius 2 is 2.11 bits per heavy atom. The molecule has 0 amide bonds. The van der Waals surface area contributed by atoms with E-state index in [1.165, 1.54) is 29.0 Å². The fourth-order valence-corrected chi connectivity index (χ4v) is 2.80. The Morgan fingerprint density at radius 1 is 1.33 bits per heavy atom. The molecule has 5 heteroatoms. The summed E-state index contributed by atoms with van der Waals surface area (Å²) in [6, 6.07) is 3.49. The van der Waals surface area contributed by atoms with Crippen LogP contribution in [0.1, 0.15) is 22.5 Å². The van der Waals surface area contributed by atoms with Crippen molar-refractivity contribution < 1.29 is 0 Å². The molecular formula is C13H15N3OS. The average Bonchev–Trinajstić information content (AvgIpc) is 2.27. The van der Waals surface area contributed by atoms with E-state index in [9.17, 15) is 4.79 Å². The topological polar surface area (TPSA) is 58.6 Å². The van der Waals surface area contributed by atoms with Crippen LogP contribution in [-0.2, 0) is 5.75 Å². The van der Waals surface area contributed by atoms with Crippen LogP contribution in [0.15, 0.2) is 28.3 Å². The molecule has 0 aliphatic carbocycles. The monoisotopic (exact) mass is 261 g/mol. The lowest BCUT2D eigenvalue weighted by molar-refractivity contribution is 0.904. The van der Waals surface area contributed by atoms with Crippen molar-refractivity contribution in [2.24, 2.45) is 0 Å². The van der Waals surface area contributed by atoms with E-state index in [1.807, 2.05) is 26.1 Å². The van der Waals surface area contributed by atoms with E-state index in [0.717, 1.165) is 17.1 Å². The van der Waals surface area contributed by atoms with Gasteiger partial charge in [0.2, 0.25) is 0 Å². The molecule has 1 N–H and O–H groups in total. The number of nitrogens with zero attached hydrogens (tertiary/aromatic N) is 2. The Balaban J connectivity index is 2.19. The van der Waals surface area contributed by atoms with Gasteiger partial charge in [-0.25, -0.2) is 4.98 Å². The summed E-state index contributed by atoms with van der Waals surface area (Å²) in [6.07, 6.45) is 1.81. The van der Waals surface area contributed by atoms with Crippen molar-refractivity contribution in [3.05, 3.63) is 51.2 Å². The number of pyridine rings is 1. The standard InChI is InChI=1S/C13H15N3OS/c1-8-4-5-14-10(3)11(8)7-18-13-15-9(2)6-12(17)16-13/h4-6H,7H2,1-3H3,(H,15,16,17). The van der Waals surface area contributed by atoms with E-state index in [4.69, 9.17) is 0 Å². The molecule has 0 saturated carbocycles. The molecule has 0 spiro atoms. The Hall–Kier alpha value is -1.62. The second kappa shape index (κ2) is 5.35. The molecule has 0 aliphatic heterocycles. The molecule has 0 atom stereocenters. The minimum absolute atomic E-state index is 0.107. The van der Waals surface area contributed by atoms with Crippen LogP contribution < -0.4 is 5.56 Å². The Labute approximate surface area is 110 Å². The molecule has 0 radical (unpaired) electrons. The van der Waals surface area contributed by atoms with Crippen molar-refractivity contribution in [2.75, 3.05) is 0 Å². The number of H-pyrrole nitrogens is 1. The summed E-state index contributed by atoms with van der Waals surface area (Å²) in [5.74, 6) is 0.762. The summed E-state index contributed by atoms with van der Waals surface area (Å²) in [7, 11) is 0. The Morgan fingerprint density at radius 3 is 2.78 bits per heavy atom. The quantitative estimate of drug-likeness (QED) is 0.681. The molecular weight excluding hydrogens is 246 g/mol. The number of aryl methyl sites for hydroxylation is 3. The highest BCUT2D eigenvalue weighted by Gasteiger charge is 2.06. The van der Waals surface area contributed by atoms with Crippen molar-refractivity contribution in [3.63, 3.8) is 0 Å². The first-order chi connectivity index (χ1) is 8.56. The van der Waals surface area contributed by atoms with Gasteiger partial charge in [-0.2, -0.15) is 0 Å². The van der Waals surface area contributed by atoms with Gasteiger partial charge in [-0.15, -0.1) is 0 Å². The lowest BCUT2D eigenvalue weighted by Crippen LogP contribution is -2.08. The molecule has 0 aromatic carbocycles. The number of thioether (sulfide) groups is 1. The molecule has 0 fully saturated rings. The number of rotatable bonds is 3. The summed E-state index contributed by atoms with van der Waals surface area (Å²) < 4.78 is 0. The van der Waals surface area contributed by atoms with Crippen LogP contribution in [-0.4, -0.2) is 15.0 Å². The third-order valence-corrected chi connectivity index (χ3v) is 3.61. The number of nitrogens with one attached hydrogen (secondary N) is 1. The van der Waals surface area contributed by atoms with Gasteiger partial charge < -0.3 is 4.98 Å². The first kappa shape index (κ1) is 12.8. The van der Waals surface area contributed by atoms with Crippen molar-refractivity contribution in [2.45, 2.75) is 31.7 Å². The maximum absolute atomic E-state index is 11.3. The average molecular weight is 261 g/mol. The highest BCUT2D eigenvalue weighted by molar-refractivity contribution is 7.98. The minimum Gasteiger partial charge on any atom is -0.301 e. The molecule has 2 rings (SSSR count). The molecule has 2 aromatic rings. The zero-order valence-electron chi connectivity index (χ0n) is 10.7. The molecule has 0 unspecified atom stereocenters. The van der Waals surface area contributed by atoms with Crippen LogP contribution >= 0.6 is 11.8 Å². The van der Waals surface area contributed by atoms with Crippen LogP contribution in [0.3, 0.4) is 0 Å². The van der Waals surface area contributed by atoms with E-state index in [2.05, 4.69) is 21.9 Å². The number of hydrogen-bond donors (Lipinski definition) is 1. The van der Waals surface area contributed by atoms with Crippen LogP contribution in [0.25, 0.3) is 0 Å². The number of aromatic nitrogens is 3. The zero-order valence-corrected chi connectivity index (χ0v) is 11.5. The summed E-state index contributed by atoms with van der Waals surface area (Å²) in [6.45, 7) is 5.88. The van der Waals surface area contributed by atoms with Gasteiger partial charge in [-0.3, -0.25) is 9.78 Å². The largest absolute Gasteiger partial charge is 0.301 e. The van der Waals surface area contributed by atoms with E-state index < -0.39 is 0 Å². The molecule has 2 aromatic heterocycles. The van der Waals surface area contributed by atoms with Crippen LogP contribution in [0.2, 0.25) is 0 Å². The van der Waals surface area contributed by atoms with E-state index in [0.29, 0.717) is 5.16 Å². The van der Waals surface area contributed by atoms with E-state index in [-0.39, 0.29) is 5.56 Å². The van der Waals surface area contributed by atoms with Gasteiger partial charge in [0.15, 0.2) is 5.16 Å². The van der Waals surface area contributed by atoms with Gasteiger partial charge in [-0.1, -0.05) is 11.8 Å². The number of hydrogen-bond acceptors (Lipinski definition) is 4. The van der Waals surface area contributed by atoms with Gasteiger partial charge in [0, 0.05) is 29.4 Å². The molecule has 4 nitrogen and oxygen atoms in total. The van der Waals surface area contributed by atoms with E-state index >= 15 is 0 Å². The normalized spacial score (nSPS) is 10.6. The van der Waals surface area contributed by atoms with Crippen LogP contribution in [0.4, 0.5) is 0 Å². The summed E-state index contributed by atoms with van der Waals surface area (Å²) in [4.78, 5) is 22.6. The second-order valence-corrected chi connectivity index (χ2v) is 5.14. The maximum Gasteiger partial charge on any atom is 0.251 e. The highest BCUT2D eigenvalue weighted by Crippen LogP contribution is 2.22. The van der Waals surface area contributed by atoms with Crippen molar-refractivity contribution in [1.29, 1.82) is 0 Å². The molecule has 0 aliphatic rings. The van der Waals surface area contributed by atoms with Crippen LogP contribution in [0.5, 0.6) is 0 Å². The van der Waals surface area contributed by atoms with Gasteiger partial charge in [0.25, 0.3) is 5.56 Å². The SMILES string of the molecule is Cc1cc(=O)[nH]c(SCc2c(C)ccnc2C)n1. The minimum atomic E-state index is -0.107. The molecule has 18 heavy (non-hydrogen) atoms. The Bertz CT molecular complexity index is 602. The fourth-order valence-electron chi connectivity index (χ4n) is 1.70. The van der Waals surface area contributed by atoms with Crippen LogP contribution in [0, 0.1) is 20.8 Å². The first-order valence-electron chi connectivity index (χ1n) is 5.68. The summed E-state index contributed by atoms with van der Waals surface area (Å²) in [5, 5.41) is 0.655. The van der Waals surface area contributed by atoms with Gasteiger partial charge >= 0.3 is 0 Å². The van der Waals surface area contributed by atoms with Crippen molar-refractivity contribution in [3.8, 4) is 0 Å². The lowest BCUT2D eigenvalue weighted by atomic mass is 10.1. The first-order valence-corrected chi connectivity index (χ1v) is 6.66. The summed E-state index contributed by atoms with van der Waals surface area (Å²) in [5.41, 5.74) is 4.07. The zero-order chi connectivity index (χ0) is 13.1. The molecule has 0 bridgehead atoms. The second-order valence-electron chi connectivity index (χ2n) is 4.17. The Kier molecular flexibility index (Phi) is 3.81. The third kappa shape index (κ3) is 2.98. The highest BCUT2D eigenvalue weighted by atomic mass is 32.2. The van der Waals surface area contributed by atoms with Gasteiger partial charge in [0.05, 0.1) is 0 Å². The molecule has 94 valence electrons. The third-order valence-electron chi connectivity index (χ3n) is 2.71. The predicted octanol–water partition coefficient (Wildman–Crippen LogP) is 2.38. The van der Waals surface area contributed by atoms with E-state index in [1.54, 1.807) is 0 Å². The molecule has 2 heterocycles. The number of aromatic amines is 1.